The van der Waals surface area contributed by atoms with E-state index in [9.17, 15) is 14.9 Å². The quantitative estimate of drug-likeness (QED) is 0.542. The van der Waals surface area contributed by atoms with Crippen molar-refractivity contribution < 1.29 is 19.1 Å². The number of nitrogen functional groups attached to an aromatic ring is 1. The van der Waals surface area contributed by atoms with Crippen LogP contribution in [0.4, 0.5) is 5.00 Å². The summed E-state index contributed by atoms with van der Waals surface area (Å²) in [6.07, 6.45) is 3.55. The summed E-state index contributed by atoms with van der Waals surface area (Å²) in [4.78, 5) is 27.7. The smallest absolute Gasteiger partial charge is 0.348 e. The van der Waals surface area contributed by atoms with E-state index in [0.717, 1.165) is 34.2 Å². The van der Waals surface area contributed by atoms with Gasteiger partial charge in [-0.15, -0.1) is 11.3 Å². The average Bonchev–Trinajstić information content (AvgIpc) is 3.27. The van der Waals surface area contributed by atoms with Crippen molar-refractivity contribution in [2.24, 2.45) is 0 Å². The van der Waals surface area contributed by atoms with Crippen LogP contribution < -0.4 is 5.73 Å². The topological polar surface area (TPSA) is 118 Å². The summed E-state index contributed by atoms with van der Waals surface area (Å²) in [6.45, 7) is 1.70. The number of aryl methyl sites for hydroxylation is 1. The Morgan fingerprint density at radius 3 is 2.83 bits per heavy atom. The van der Waals surface area contributed by atoms with E-state index >= 15 is 0 Å². The number of benzene rings is 1. The van der Waals surface area contributed by atoms with Gasteiger partial charge in [0.1, 0.15) is 22.6 Å². The Kier molecular flexibility index (Phi) is 6.52. The van der Waals surface area contributed by atoms with Gasteiger partial charge >= 0.3 is 11.9 Å². The van der Waals surface area contributed by atoms with Crippen LogP contribution in [0.25, 0.3) is 10.9 Å². The van der Waals surface area contributed by atoms with Gasteiger partial charge in [0, 0.05) is 29.1 Å². The summed E-state index contributed by atoms with van der Waals surface area (Å²) in [6, 6.07) is 9.97. The molecule has 1 aromatic carbocycles. The number of nitriles is 1. The maximum Gasteiger partial charge on any atom is 0.348 e. The summed E-state index contributed by atoms with van der Waals surface area (Å²) in [5.41, 5.74) is 8.49. The minimum absolute atomic E-state index is 0.157. The van der Waals surface area contributed by atoms with Gasteiger partial charge in [-0.25, -0.2) is 4.79 Å². The molecule has 0 atom stereocenters. The number of rotatable bonds is 8. The molecule has 0 amide bonds. The van der Waals surface area contributed by atoms with E-state index in [4.69, 9.17) is 15.2 Å². The highest BCUT2D eigenvalue weighted by molar-refractivity contribution is 7.18. The third kappa shape index (κ3) is 4.58. The van der Waals surface area contributed by atoms with Crippen LogP contribution in [0.5, 0.6) is 0 Å². The first-order valence-corrected chi connectivity index (χ1v) is 10.1. The minimum Gasteiger partial charge on any atom is -0.462 e. The minimum atomic E-state index is -0.573. The molecule has 0 saturated heterocycles. The second-order valence-corrected chi connectivity index (χ2v) is 7.41. The number of ether oxygens (including phenoxy) is 2. The Morgan fingerprint density at radius 2 is 2.07 bits per heavy atom. The van der Waals surface area contributed by atoms with Gasteiger partial charge in [0.15, 0.2) is 0 Å². The van der Waals surface area contributed by atoms with Crippen molar-refractivity contribution in [3.63, 3.8) is 0 Å². The first-order valence-electron chi connectivity index (χ1n) is 9.24. The number of hydrogen-bond donors (Lipinski definition) is 2. The highest BCUT2D eigenvalue weighted by Crippen LogP contribution is 2.32. The zero-order valence-electron chi connectivity index (χ0n) is 16.0. The van der Waals surface area contributed by atoms with E-state index in [0.29, 0.717) is 12.0 Å². The van der Waals surface area contributed by atoms with E-state index in [1.807, 2.05) is 36.5 Å². The fourth-order valence-corrected chi connectivity index (χ4v) is 4.01. The maximum absolute atomic E-state index is 12.2. The monoisotopic (exact) mass is 411 g/mol. The molecule has 29 heavy (non-hydrogen) atoms. The summed E-state index contributed by atoms with van der Waals surface area (Å²) in [5, 5.41) is 10.7. The summed E-state index contributed by atoms with van der Waals surface area (Å²) in [7, 11) is 0. The number of carbonyl (C=O) groups excluding carboxylic acids is 2. The zero-order valence-corrected chi connectivity index (χ0v) is 16.8. The Morgan fingerprint density at radius 1 is 1.28 bits per heavy atom. The largest absolute Gasteiger partial charge is 0.462 e. The summed E-state index contributed by atoms with van der Waals surface area (Å²) >= 11 is 0.968. The molecular weight excluding hydrogens is 390 g/mol. The molecule has 0 radical (unpaired) electrons. The normalized spacial score (nSPS) is 10.6. The fourth-order valence-electron chi connectivity index (χ4n) is 3.09. The van der Waals surface area contributed by atoms with Crippen LogP contribution in [0.3, 0.4) is 0 Å². The Bertz CT molecular complexity index is 1080. The number of nitrogens with one attached hydrogen (secondary N) is 1. The number of carbonyl (C=O) groups is 2. The van der Waals surface area contributed by atoms with Crippen molar-refractivity contribution in [3.05, 3.63) is 52.0 Å². The lowest BCUT2D eigenvalue weighted by Crippen LogP contribution is -2.10. The van der Waals surface area contributed by atoms with Crippen LogP contribution in [0.2, 0.25) is 0 Å². The Balaban J connectivity index is 1.58. The molecule has 2 heterocycles. The number of H-pyrrole nitrogens is 1. The molecule has 8 heteroatoms. The van der Waals surface area contributed by atoms with E-state index in [1.54, 1.807) is 6.92 Å². The van der Waals surface area contributed by atoms with Crippen molar-refractivity contribution in [1.29, 1.82) is 5.26 Å². The zero-order chi connectivity index (χ0) is 20.8. The van der Waals surface area contributed by atoms with Crippen LogP contribution in [-0.2, 0) is 27.3 Å². The van der Waals surface area contributed by atoms with Crippen LogP contribution in [-0.4, -0.2) is 23.5 Å². The van der Waals surface area contributed by atoms with Crippen molar-refractivity contribution in [2.75, 3.05) is 12.3 Å². The molecule has 0 aliphatic rings. The van der Waals surface area contributed by atoms with Gasteiger partial charge in [0.05, 0.1) is 12.2 Å². The highest BCUT2D eigenvalue weighted by atomic mass is 32.1. The number of aromatic nitrogens is 1. The number of anilines is 1. The lowest BCUT2D eigenvalue weighted by molar-refractivity contribution is -0.145. The van der Waals surface area contributed by atoms with Gasteiger partial charge in [0.2, 0.25) is 0 Å². The molecule has 0 bridgehead atoms. The molecule has 3 rings (SSSR count). The first kappa shape index (κ1) is 20.4. The summed E-state index contributed by atoms with van der Waals surface area (Å²) in [5.74, 6) is -0.968. The maximum atomic E-state index is 12.2. The average molecular weight is 411 g/mol. The second kappa shape index (κ2) is 9.26. The number of hydrogen-bond acceptors (Lipinski definition) is 7. The summed E-state index contributed by atoms with van der Waals surface area (Å²) < 4.78 is 10.3. The van der Waals surface area contributed by atoms with Gasteiger partial charge in [0.25, 0.3) is 0 Å². The van der Waals surface area contributed by atoms with Crippen molar-refractivity contribution in [1.82, 2.24) is 4.98 Å². The molecule has 7 nitrogen and oxygen atoms in total. The van der Waals surface area contributed by atoms with E-state index < -0.39 is 11.9 Å². The van der Waals surface area contributed by atoms with E-state index in [1.165, 1.54) is 0 Å². The lowest BCUT2D eigenvalue weighted by atomic mass is 10.1. The van der Waals surface area contributed by atoms with Crippen LogP contribution in [0.1, 0.15) is 46.1 Å². The SMILES string of the molecule is CCOC(=O)c1sc(N)c(C#N)c1COC(=O)CCCc1c[nH]c2ccccc12. The molecule has 2 aromatic heterocycles. The Hall–Kier alpha value is -3.31. The van der Waals surface area contributed by atoms with Crippen LogP contribution in [0.15, 0.2) is 30.5 Å². The van der Waals surface area contributed by atoms with Crippen molar-refractivity contribution >= 4 is 39.2 Å². The molecule has 3 N–H and O–H groups in total. The predicted octanol–water partition coefficient (Wildman–Crippen LogP) is 3.93. The molecule has 0 saturated carbocycles. The molecule has 150 valence electrons. The number of esters is 2. The standard InChI is InChI=1S/C21H21N3O4S/c1-2-27-21(26)19-16(15(10-22)20(23)29-19)12-28-18(25)9-5-6-13-11-24-17-8-4-3-7-14(13)17/h3-4,7-8,11,24H,2,5-6,9,12,23H2,1H3. The predicted molar refractivity (Wildman–Crippen MR) is 110 cm³/mol. The molecule has 0 unspecified atom stereocenters. The number of aromatic amines is 1. The molecule has 0 aliphatic heterocycles. The number of nitrogens with zero attached hydrogens (tertiary/aromatic N) is 1. The number of nitrogens with two attached hydrogens (primary N) is 1. The van der Waals surface area contributed by atoms with Crippen molar-refractivity contribution in [2.45, 2.75) is 32.8 Å². The van der Waals surface area contributed by atoms with Gasteiger partial charge in [-0.1, -0.05) is 18.2 Å². The van der Waals surface area contributed by atoms with Crippen LogP contribution >= 0.6 is 11.3 Å². The number of fused-ring (bicyclic) bond motifs is 1. The lowest BCUT2D eigenvalue weighted by Gasteiger charge is -2.07. The van der Waals surface area contributed by atoms with Gasteiger partial charge < -0.3 is 20.2 Å². The van der Waals surface area contributed by atoms with Crippen molar-refractivity contribution in [3.8, 4) is 6.07 Å². The van der Waals surface area contributed by atoms with Crippen LogP contribution in [0, 0.1) is 11.3 Å². The van der Waals surface area contributed by atoms with Gasteiger partial charge in [-0.3, -0.25) is 4.79 Å². The second-order valence-electron chi connectivity index (χ2n) is 6.35. The third-order valence-electron chi connectivity index (χ3n) is 4.49. The molecule has 0 fully saturated rings. The fraction of sp³-hybridized carbons (Fsp3) is 0.286. The molecule has 0 spiro atoms. The number of thiophene rings is 1. The van der Waals surface area contributed by atoms with Gasteiger partial charge in [-0.2, -0.15) is 5.26 Å². The van der Waals surface area contributed by atoms with Gasteiger partial charge in [-0.05, 0) is 31.4 Å². The van der Waals surface area contributed by atoms with E-state index in [2.05, 4.69) is 4.98 Å². The Labute approximate surface area is 172 Å². The molecule has 0 aliphatic carbocycles. The molecule has 3 aromatic rings. The van der Waals surface area contributed by atoms with E-state index in [-0.39, 0.29) is 35.1 Å². The first-order chi connectivity index (χ1) is 14.0. The highest BCUT2D eigenvalue weighted by Gasteiger charge is 2.23. The third-order valence-corrected chi connectivity index (χ3v) is 5.53. The number of para-hydroxylation sites is 1. The molecular formula is C21H21N3O4S.